The van der Waals surface area contributed by atoms with Gasteiger partial charge in [-0.15, -0.1) is 0 Å². The molecule has 2 aliphatic rings. The number of carbonyl (C=O) groups excluding carboxylic acids is 2. The Morgan fingerprint density at radius 2 is 1.91 bits per heavy atom. The lowest BCUT2D eigenvalue weighted by Crippen LogP contribution is -2.32. The predicted octanol–water partition coefficient (Wildman–Crippen LogP) is 6.01. The van der Waals surface area contributed by atoms with E-state index in [1.54, 1.807) is 6.07 Å². The average molecular weight is 429 g/mol. The monoisotopic (exact) mass is 428 g/mol. The molecule has 1 fully saturated rings. The molecule has 2 aromatic carbocycles. The minimum atomic E-state index is -0.0296. The van der Waals surface area contributed by atoms with Crippen molar-refractivity contribution in [3.05, 3.63) is 64.2 Å². The summed E-state index contributed by atoms with van der Waals surface area (Å²) < 4.78 is 0. The topological polar surface area (TPSA) is 70.0 Å². The van der Waals surface area contributed by atoms with Crippen LogP contribution in [0.3, 0.4) is 0 Å². The third-order valence-corrected chi connectivity index (χ3v) is 7.54. The Balaban J connectivity index is 1.38. The van der Waals surface area contributed by atoms with Crippen LogP contribution in [0, 0.1) is 36.0 Å². The van der Waals surface area contributed by atoms with E-state index in [1.165, 1.54) is 11.1 Å². The van der Waals surface area contributed by atoms with E-state index in [4.69, 9.17) is 0 Å². The molecule has 1 amide bonds. The Morgan fingerprint density at radius 3 is 2.62 bits per heavy atom. The van der Waals surface area contributed by atoms with E-state index in [1.807, 2.05) is 31.2 Å². The van der Waals surface area contributed by atoms with Gasteiger partial charge in [0.25, 0.3) is 0 Å². The lowest BCUT2D eigenvalue weighted by molar-refractivity contribution is -0.121. The van der Waals surface area contributed by atoms with Crippen molar-refractivity contribution in [2.45, 2.75) is 65.2 Å². The predicted molar refractivity (Wildman–Crippen MR) is 127 cm³/mol. The van der Waals surface area contributed by atoms with Gasteiger partial charge in [-0.1, -0.05) is 31.2 Å². The Kier molecular flexibility index (Phi) is 6.74. The van der Waals surface area contributed by atoms with Crippen LogP contribution in [-0.4, -0.2) is 11.7 Å². The number of hydrogen-bond acceptors (Lipinski definition) is 3. The normalized spacial score (nSPS) is 23.0. The Morgan fingerprint density at radius 1 is 1.12 bits per heavy atom. The first kappa shape index (κ1) is 22.3. The lowest BCUT2D eigenvalue weighted by Gasteiger charge is -2.32. The maximum absolute atomic E-state index is 13.4. The molecule has 1 atom stereocenters. The minimum absolute atomic E-state index is 0.0296. The molecule has 0 spiro atoms. The van der Waals surface area contributed by atoms with Crippen molar-refractivity contribution >= 4 is 17.4 Å². The zero-order chi connectivity index (χ0) is 22.7. The standard InChI is InChI=1S/C28H32N2O2/c1-3-19-14-15-23(16-22(19)17-29)30-28(32)21-12-10-20(11-13-21)25-8-5-7-24-18(2)6-4-9-26(24)27(25)31/h4,6,9,14-16,20-21,25H,3,5,7-8,10-13H2,1-2H3,(H,30,32). The van der Waals surface area contributed by atoms with Crippen LogP contribution in [0.25, 0.3) is 0 Å². The largest absolute Gasteiger partial charge is 0.326 e. The molecular weight excluding hydrogens is 396 g/mol. The van der Waals surface area contributed by atoms with Crippen molar-refractivity contribution in [1.82, 2.24) is 0 Å². The Bertz CT molecular complexity index is 1060. The van der Waals surface area contributed by atoms with E-state index in [-0.39, 0.29) is 17.7 Å². The molecule has 0 aliphatic heterocycles. The fourth-order valence-corrected chi connectivity index (χ4v) is 5.64. The van der Waals surface area contributed by atoms with E-state index in [9.17, 15) is 14.9 Å². The van der Waals surface area contributed by atoms with E-state index >= 15 is 0 Å². The number of nitrogens with zero attached hydrogens (tertiary/aromatic N) is 1. The number of fused-ring (bicyclic) bond motifs is 1. The molecule has 1 unspecified atom stereocenters. The summed E-state index contributed by atoms with van der Waals surface area (Å²) in [6.07, 6.45) is 7.29. The maximum atomic E-state index is 13.4. The zero-order valence-electron chi connectivity index (χ0n) is 19.1. The third kappa shape index (κ3) is 4.48. The Hall–Kier alpha value is -2.93. The second kappa shape index (κ2) is 9.69. The lowest BCUT2D eigenvalue weighted by atomic mass is 9.72. The quantitative estimate of drug-likeness (QED) is 0.606. The van der Waals surface area contributed by atoms with E-state index in [0.717, 1.165) is 62.5 Å². The molecule has 0 bridgehead atoms. The van der Waals surface area contributed by atoms with Crippen molar-refractivity contribution in [3.63, 3.8) is 0 Å². The molecule has 4 nitrogen and oxygen atoms in total. The van der Waals surface area contributed by atoms with Crippen LogP contribution in [0.15, 0.2) is 36.4 Å². The molecule has 0 heterocycles. The van der Waals surface area contributed by atoms with Crippen LogP contribution >= 0.6 is 0 Å². The number of nitrogens with one attached hydrogen (secondary N) is 1. The van der Waals surface area contributed by atoms with Gasteiger partial charge in [0.05, 0.1) is 11.6 Å². The molecule has 4 rings (SSSR count). The summed E-state index contributed by atoms with van der Waals surface area (Å²) in [6.45, 7) is 4.12. The van der Waals surface area contributed by atoms with E-state index in [0.29, 0.717) is 23.0 Å². The number of carbonyl (C=O) groups is 2. The number of amides is 1. The molecule has 2 aliphatic carbocycles. The van der Waals surface area contributed by atoms with E-state index < -0.39 is 0 Å². The van der Waals surface area contributed by atoms with Gasteiger partial charge in [0.15, 0.2) is 5.78 Å². The second-order valence-corrected chi connectivity index (χ2v) is 9.40. The summed E-state index contributed by atoms with van der Waals surface area (Å²) in [5.41, 5.74) is 5.70. The molecule has 0 aromatic heterocycles. The number of hydrogen-bond donors (Lipinski definition) is 1. The van der Waals surface area contributed by atoms with E-state index in [2.05, 4.69) is 24.4 Å². The number of aryl methyl sites for hydroxylation is 2. The zero-order valence-corrected chi connectivity index (χ0v) is 19.1. The number of nitriles is 1. The van der Waals surface area contributed by atoms with Gasteiger partial charge < -0.3 is 5.32 Å². The van der Waals surface area contributed by atoms with Crippen LogP contribution < -0.4 is 5.32 Å². The summed E-state index contributed by atoms with van der Waals surface area (Å²) in [4.78, 5) is 26.2. The first-order valence-corrected chi connectivity index (χ1v) is 12.0. The summed E-state index contributed by atoms with van der Waals surface area (Å²) in [7, 11) is 0. The van der Waals surface area contributed by atoms with Crippen molar-refractivity contribution in [3.8, 4) is 6.07 Å². The van der Waals surface area contributed by atoms with Crippen LogP contribution in [-0.2, 0) is 17.6 Å². The van der Waals surface area contributed by atoms with Gasteiger partial charge >= 0.3 is 0 Å². The van der Waals surface area contributed by atoms with Gasteiger partial charge in [-0.05, 0) is 93.0 Å². The molecule has 0 saturated heterocycles. The van der Waals surface area contributed by atoms with Gasteiger partial charge in [-0.2, -0.15) is 5.26 Å². The fraction of sp³-hybridized carbons (Fsp3) is 0.464. The van der Waals surface area contributed by atoms with Crippen LogP contribution in [0.4, 0.5) is 5.69 Å². The molecule has 1 saturated carbocycles. The third-order valence-electron chi connectivity index (χ3n) is 7.54. The molecule has 2 aromatic rings. The first-order valence-electron chi connectivity index (χ1n) is 12.0. The fourth-order valence-electron chi connectivity index (χ4n) is 5.64. The highest BCUT2D eigenvalue weighted by atomic mass is 16.2. The molecule has 0 radical (unpaired) electrons. The molecular formula is C28H32N2O2. The Labute approximate surface area is 191 Å². The summed E-state index contributed by atoms with van der Waals surface area (Å²) in [5.74, 6) is 0.769. The smallest absolute Gasteiger partial charge is 0.227 e. The number of rotatable bonds is 4. The molecule has 32 heavy (non-hydrogen) atoms. The number of ketones is 1. The number of anilines is 1. The van der Waals surface area contributed by atoms with Crippen LogP contribution in [0.1, 0.15) is 78.1 Å². The second-order valence-electron chi connectivity index (χ2n) is 9.40. The number of benzene rings is 2. The summed E-state index contributed by atoms with van der Waals surface area (Å²) >= 11 is 0. The highest BCUT2D eigenvalue weighted by Crippen LogP contribution is 2.39. The maximum Gasteiger partial charge on any atom is 0.227 e. The van der Waals surface area contributed by atoms with Crippen LogP contribution in [0.2, 0.25) is 0 Å². The molecule has 4 heteroatoms. The molecule has 1 N–H and O–H groups in total. The van der Waals surface area contributed by atoms with Crippen molar-refractivity contribution in [2.75, 3.05) is 5.32 Å². The van der Waals surface area contributed by atoms with Crippen molar-refractivity contribution < 1.29 is 9.59 Å². The van der Waals surface area contributed by atoms with Gasteiger partial charge in [0.2, 0.25) is 5.91 Å². The summed E-state index contributed by atoms with van der Waals surface area (Å²) in [5, 5.41) is 12.4. The van der Waals surface area contributed by atoms with Gasteiger partial charge in [0.1, 0.15) is 0 Å². The van der Waals surface area contributed by atoms with Crippen molar-refractivity contribution in [1.29, 1.82) is 5.26 Å². The average Bonchev–Trinajstić information content (AvgIpc) is 2.99. The SMILES string of the molecule is CCc1ccc(NC(=O)C2CCC(C3CCCc4c(C)cccc4C3=O)CC2)cc1C#N. The van der Waals surface area contributed by atoms with Crippen molar-refractivity contribution in [2.24, 2.45) is 17.8 Å². The first-order chi connectivity index (χ1) is 15.5. The van der Waals surface area contributed by atoms with Gasteiger partial charge in [-0.25, -0.2) is 0 Å². The molecule has 166 valence electrons. The highest BCUT2D eigenvalue weighted by Gasteiger charge is 2.36. The minimum Gasteiger partial charge on any atom is -0.326 e. The summed E-state index contributed by atoms with van der Waals surface area (Å²) in [6, 6.07) is 13.9. The van der Waals surface area contributed by atoms with Gasteiger partial charge in [0, 0.05) is 23.1 Å². The number of Topliss-reactive ketones (excluding diaryl/α,β-unsaturated/α-hetero) is 1. The highest BCUT2D eigenvalue weighted by molar-refractivity contribution is 6.00. The van der Waals surface area contributed by atoms with Crippen LogP contribution in [0.5, 0.6) is 0 Å². The van der Waals surface area contributed by atoms with Gasteiger partial charge in [-0.3, -0.25) is 9.59 Å².